The normalized spacial score (nSPS) is 16.6. The molecule has 0 aromatic heterocycles. The zero-order valence-electron chi connectivity index (χ0n) is 11.3. The third-order valence-corrected chi connectivity index (χ3v) is 3.20. The monoisotopic (exact) mass is 305 g/mol. The van der Waals surface area contributed by atoms with Crippen molar-refractivity contribution in [3.63, 3.8) is 0 Å². The van der Waals surface area contributed by atoms with E-state index in [2.05, 4.69) is 5.32 Å². The summed E-state index contributed by atoms with van der Waals surface area (Å²) < 4.78 is 10.6. The Balaban J connectivity index is 0.00000161. The second-order valence-electron chi connectivity index (χ2n) is 4.64. The average Bonchev–Trinajstić information content (AvgIpc) is 2.93. The van der Waals surface area contributed by atoms with Crippen LogP contribution in [0.25, 0.3) is 0 Å². The van der Waals surface area contributed by atoms with E-state index in [0.29, 0.717) is 13.2 Å². The average molecular weight is 306 g/mol. The molecule has 1 aliphatic rings. The Morgan fingerprint density at radius 2 is 1.81 bits per heavy atom. The van der Waals surface area contributed by atoms with Crippen LogP contribution < -0.4 is 10.1 Å². The Morgan fingerprint density at radius 1 is 1.10 bits per heavy atom. The fourth-order valence-electron chi connectivity index (χ4n) is 2.10. The van der Waals surface area contributed by atoms with Gasteiger partial charge in [0.2, 0.25) is 0 Å². The highest BCUT2D eigenvalue weighted by atomic mass is 35.5. The van der Waals surface area contributed by atoms with Gasteiger partial charge in [0.25, 0.3) is 0 Å². The van der Waals surface area contributed by atoms with Gasteiger partial charge in [0.05, 0.1) is 6.04 Å². The maximum Gasteiger partial charge on any atom is 0.407 e. The minimum atomic E-state index is -0.362. The molecule has 110 valence electrons. The summed E-state index contributed by atoms with van der Waals surface area (Å²) in [7, 11) is 0. The first-order chi connectivity index (χ1) is 9.81. The van der Waals surface area contributed by atoms with E-state index in [1.807, 2.05) is 54.6 Å². The second-order valence-corrected chi connectivity index (χ2v) is 4.64. The van der Waals surface area contributed by atoms with Crippen LogP contribution in [0.3, 0.4) is 0 Å². The van der Waals surface area contributed by atoms with Crippen LogP contribution in [0.2, 0.25) is 0 Å². The van der Waals surface area contributed by atoms with Crippen molar-refractivity contribution >= 4 is 18.5 Å². The number of amides is 1. The van der Waals surface area contributed by atoms with Crippen LogP contribution in [-0.4, -0.2) is 12.7 Å². The summed E-state index contributed by atoms with van der Waals surface area (Å²) in [4.78, 5) is 11.0. The fraction of sp³-hybridized carbons (Fsp3) is 0.188. The van der Waals surface area contributed by atoms with E-state index in [1.54, 1.807) is 0 Å². The zero-order chi connectivity index (χ0) is 13.8. The lowest BCUT2D eigenvalue weighted by Crippen LogP contribution is -2.18. The van der Waals surface area contributed by atoms with Crippen molar-refractivity contribution in [2.24, 2.45) is 0 Å². The van der Waals surface area contributed by atoms with Crippen molar-refractivity contribution < 1.29 is 14.3 Å². The van der Waals surface area contributed by atoms with Crippen LogP contribution in [0.1, 0.15) is 17.2 Å². The first-order valence-corrected chi connectivity index (χ1v) is 6.51. The quantitative estimate of drug-likeness (QED) is 0.941. The maximum atomic E-state index is 11.0. The van der Waals surface area contributed by atoms with Crippen molar-refractivity contribution in [2.75, 3.05) is 6.61 Å². The van der Waals surface area contributed by atoms with Crippen molar-refractivity contribution in [3.05, 3.63) is 65.7 Å². The van der Waals surface area contributed by atoms with E-state index < -0.39 is 0 Å². The number of carbonyl (C=O) groups excluding carboxylic acids is 1. The van der Waals surface area contributed by atoms with Crippen LogP contribution in [0.4, 0.5) is 4.79 Å². The molecule has 1 N–H and O–H groups in total. The number of nitrogens with one attached hydrogen (secondary N) is 1. The van der Waals surface area contributed by atoms with Gasteiger partial charge in [-0.2, -0.15) is 0 Å². The Hall–Kier alpha value is -2.20. The molecule has 0 bridgehead atoms. The number of hydrogen-bond donors (Lipinski definition) is 1. The van der Waals surface area contributed by atoms with Gasteiger partial charge in [0.1, 0.15) is 19.0 Å². The van der Waals surface area contributed by atoms with Gasteiger partial charge >= 0.3 is 6.09 Å². The highest BCUT2D eigenvalue weighted by Gasteiger charge is 2.23. The van der Waals surface area contributed by atoms with Gasteiger partial charge in [-0.15, -0.1) is 12.4 Å². The molecular formula is C16H16ClNO3. The molecule has 1 aliphatic heterocycles. The van der Waals surface area contributed by atoms with Gasteiger partial charge in [0, 0.05) is 0 Å². The molecule has 0 spiro atoms. The smallest absolute Gasteiger partial charge is 0.407 e. The standard InChI is InChI=1S/C16H15NO3.ClH/c18-16-17-15(11-20-16)13-6-8-14(9-7-13)19-10-12-4-2-1-3-5-12;/h1-9,15H,10-11H2,(H,17,18);1H/t15-;/m0./s1. The van der Waals surface area contributed by atoms with E-state index in [-0.39, 0.29) is 24.5 Å². The van der Waals surface area contributed by atoms with Gasteiger partial charge in [-0.3, -0.25) is 0 Å². The van der Waals surface area contributed by atoms with E-state index >= 15 is 0 Å². The van der Waals surface area contributed by atoms with Crippen LogP contribution in [0.5, 0.6) is 5.75 Å². The molecule has 0 aliphatic carbocycles. The highest BCUT2D eigenvalue weighted by molar-refractivity contribution is 5.85. The summed E-state index contributed by atoms with van der Waals surface area (Å²) in [5.41, 5.74) is 2.15. The van der Waals surface area contributed by atoms with Crippen LogP contribution in [-0.2, 0) is 11.3 Å². The second kappa shape index (κ2) is 6.99. The molecule has 0 unspecified atom stereocenters. The van der Waals surface area contributed by atoms with Crippen LogP contribution >= 0.6 is 12.4 Å². The molecule has 1 atom stereocenters. The molecule has 2 aromatic rings. The summed E-state index contributed by atoms with van der Waals surface area (Å²) in [6.07, 6.45) is -0.362. The molecule has 0 saturated carbocycles. The fourth-order valence-corrected chi connectivity index (χ4v) is 2.10. The largest absolute Gasteiger partial charge is 0.489 e. The third-order valence-electron chi connectivity index (χ3n) is 3.20. The Bertz CT molecular complexity index is 586. The summed E-state index contributed by atoms with van der Waals surface area (Å²) in [5.74, 6) is 0.808. The molecular weight excluding hydrogens is 290 g/mol. The lowest BCUT2D eigenvalue weighted by molar-refractivity contribution is 0.177. The minimum absolute atomic E-state index is 0. The first-order valence-electron chi connectivity index (χ1n) is 6.51. The number of alkyl carbamates (subject to hydrolysis) is 1. The molecule has 4 nitrogen and oxygen atoms in total. The molecule has 1 heterocycles. The van der Waals surface area contributed by atoms with Gasteiger partial charge < -0.3 is 14.8 Å². The molecule has 3 rings (SSSR count). The Morgan fingerprint density at radius 3 is 2.43 bits per heavy atom. The number of carbonyl (C=O) groups is 1. The van der Waals surface area contributed by atoms with E-state index in [4.69, 9.17) is 9.47 Å². The summed E-state index contributed by atoms with van der Waals surface area (Å²) in [5, 5.41) is 2.75. The summed E-state index contributed by atoms with van der Waals surface area (Å²) in [6.45, 7) is 0.923. The number of cyclic esters (lactones) is 1. The first kappa shape index (κ1) is 15.2. The number of hydrogen-bond acceptors (Lipinski definition) is 3. The molecule has 1 amide bonds. The SMILES string of the molecule is Cl.O=C1N[C@H](c2ccc(OCc3ccccc3)cc2)CO1. The van der Waals surface area contributed by atoms with Crippen molar-refractivity contribution in [1.29, 1.82) is 0 Å². The van der Waals surface area contributed by atoms with Crippen molar-refractivity contribution in [3.8, 4) is 5.75 Å². The molecule has 0 radical (unpaired) electrons. The topological polar surface area (TPSA) is 47.6 Å². The Kier molecular flexibility index (Phi) is 5.06. The van der Waals surface area contributed by atoms with Gasteiger partial charge in [-0.25, -0.2) is 4.79 Å². The van der Waals surface area contributed by atoms with E-state index in [0.717, 1.165) is 16.9 Å². The predicted octanol–water partition coefficient (Wildman–Crippen LogP) is 3.47. The lowest BCUT2D eigenvalue weighted by atomic mass is 10.1. The van der Waals surface area contributed by atoms with Crippen molar-refractivity contribution in [1.82, 2.24) is 5.32 Å². The van der Waals surface area contributed by atoms with Gasteiger partial charge in [0.15, 0.2) is 0 Å². The number of rotatable bonds is 4. The van der Waals surface area contributed by atoms with Crippen LogP contribution in [0, 0.1) is 0 Å². The molecule has 1 fully saturated rings. The van der Waals surface area contributed by atoms with E-state index in [9.17, 15) is 4.79 Å². The number of ether oxygens (including phenoxy) is 2. The summed E-state index contributed by atoms with van der Waals surface area (Å²) >= 11 is 0. The van der Waals surface area contributed by atoms with E-state index in [1.165, 1.54) is 0 Å². The number of halogens is 1. The Labute approximate surface area is 129 Å². The van der Waals surface area contributed by atoms with Gasteiger partial charge in [-0.1, -0.05) is 42.5 Å². The van der Waals surface area contributed by atoms with Gasteiger partial charge in [-0.05, 0) is 23.3 Å². The summed E-state index contributed by atoms with van der Waals surface area (Å²) in [6, 6.07) is 17.7. The lowest BCUT2D eigenvalue weighted by Gasteiger charge is -2.10. The number of benzene rings is 2. The molecule has 5 heteroatoms. The highest BCUT2D eigenvalue weighted by Crippen LogP contribution is 2.21. The zero-order valence-corrected chi connectivity index (χ0v) is 12.1. The molecule has 21 heavy (non-hydrogen) atoms. The van der Waals surface area contributed by atoms with Crippen LogP contribution in [0.15, 0.2) is 54.6 Å². The third kappa shape index (κ3) is 3.89. The van der Waals surface area contributed by atoms with Crippen molar-refractivity contribution in [2.45, 2.75) is 12.6 Å². The maximum absolute atomic E-state index is 11.0. The predicted molar refractivity (Wildman–Crippen MR) is 81.7 cm³/mol. The molecule has 1 saturated heterocycles. The molecule has 2 aromatic carbocycles. The minimum Gasteiger partial charge on any atom is -0.489 e.